The molecule has 1 N–H and O–H groups in total. The van der Waals surface area contributed by atoms with Crippen LogP contribution in [0, 0.1) is 0 Å². The first-order valence-electron chi connectivity index (χ1n) is 6.26. The molecule has 19 heavy (non-hydrogen) atoms. The molecule has 0 saturated heterocycles. The number of likely N-dealkylation sites (N-methyl/N-ethyl adjacent to an activating group) is 1. The van der Waals surface area contributed by atoms with Crippen LogP contribution in [0.15, 0.2) is 36.7 Å². The molecule has 0 fully saturated rings. The molecule has 0 spiro atoms. The highest BCUT2D eigenvalue weighted by Crippen LogP contribution is 2.20. The van der Waals surface area contributed by atoms with Crippen LogP contribution in [-0.4, -0.2) is 30.0 Å². The highest BCUT2D eigenvalue weighted by atomic mass is 35.5. The second kappa shape index (κ2) is 7.60. The average molecular weight is 296 g/mol. The van der Waals surface area contributed by atoms with Gasteiger partial charge in [0.05, 0.1) is 4.34 Å². The van der Waals surface area contributed by atoms with E-state index in [2.05, 4.69) is 40.4 Å². The second-order valence-corrected chi connectivity index (χ2v) is 6.28. The van der Waals surface area contributed by atoms with E-state index >= 15 is 0 Å². The second-order valence-electron chi connectivity index (χ2n) is 4.48. The number of hydrogen-bond donors (Lipinski definition) is 1. The van der Waals surface area contributed by atoms with E-state index in [1.54, 1.807) is 11.3 Å². The molecule has 0 aliphatic rings. The number of nitrogens with one attached hydrogen (secondary N) is 1. The van der Waals surface area contributed by atoms with Crippen LogP contribution in [0.25, 0.3) is 0 Å². The van der Waals surface area contributed by atoms with Gasteiger partial charge in [-0.25, -0.2) is 0 Å². The first-order valence-corrected chi connectivity index (χ1v) is 7.46. The first kappa shape index (κ1) is 14.5. The molecule has 2 rings (SSSR count). The smallest absolute Gasteiger partial charge is 0.0931 e. The molecule has 0 bridgehead atoms. The number of nitrogens with zero attached hydrogens (tertiary/aromatic N) is 2. The van der Waals surface area contributed by atoms with E-state index in [1.165, 1.54) is 10.4 Å². The predicted octanol–water partition coefficient (Wildman–Crippen LogP) is 3.02. The van der Waals surface area contributed by atoms with Crippen LogP contribution in [0.2, 0.25) is 4.34 Å². The maximum atomic E-state index is 5.89. The van der Waals surface area contributed by atoms with Gasteiger partial charge >= 0.3 is 0 Å². The molecule has 102 valence electrons. The van der Waals surface area contributed by atoms with Crippen molar-refractivity contribution in [3.05, 3.63) is 51.4 Å². The van der Waals surface area contributed by atoms with Gasteiger partial charge in [-0.3, -0.25) is 4.98 Å². The number of halogens is 1. The van der Waals surface area contributed by atoms with E-state index in [-0.39, 0.29) is 0 Å². The minimum absolute atomic E-state index is 0.853. The van der Waals surface area contributed by atoms with Crippen LogP contribution >= 0.6 is 22.9 Å². The van der Waals surface area contributed by atoms with Crippen molar-refractivity contribution in [3.63, 3.8) is 0 Å². The van der Waals surface area contributed by atoms with Gasteiger partial charge in [0.15, 0.2) is 0 Å². The van der Waals surface area contributed by atoms with Crippen molar-refractivity contribution in [2.75, 3.05) is 20.1 Å². The Morgan fingerprint density at radius 1 is 1.26 bits per heavy atom. The third-order valence-corrected chi connectivity index (χ3v) is 4.03. The maximum Gasteiger partial charge on any atom is 0.0931 e. The van der Waals surface area contributed by atoms with Gasteiger partial charge in [-0.2, -0.15) is 0 Å². The SMILES string of the molecule is CN(CCNCc1ccc(Cl)s1)Cc1ccncc1. The standard InChI is InChI=1S/C14H18ClN3S/c1-18(11-12-4-6-16-7-5-12)9-8-17-10-13-2-3-14(15)19-13/h2-7,17H,8-11H2,1H3. The molecule has 0 aromatic carbocycles. The van der Waals surface area contributed by atoms with Crippen LogP contribution in [0.1, 0.15) is 10.4 Å². The van der Waals surface area contributed by atoms with Crippen molar-refractivity contribution in [2.45, 2.75) is 13.1 Å². The highest BCUT2D eigenvalue weighted by Gasteiger charge is 2.01. The van der Waals surface area contributed by atoms with Crippen molar-refractivity contribution < 1.29 is 0 Å². The number of aromatic nitrogens is 1. The summed E-state index contributed by atoms with van der Waals surface area (Å²) in [5.74, 6) is 0. The summed E-state index contributed by atoms with van der Waals surface area (Å²) in [4.78, 5) is 7.60. The summed E-state index contributed by atoms with van der Waals surface area (Å²) in [6, 6.07) is 8.12. The Hall–Kier alpha value is -0.940. The predicted molar refractivity (Wildman–Crippen MR) is 81.6 cm³/mol. The zero-order chi connectivity index (χ0) is 13.5. The largest absolute Gasteiger partial charge is 0.311 e. The summed E-state index contributed by atoms with van der Waals surface area (Å²) >= 11 is 7.52. The summed E-state index contributed by atoms with van der Waals surface area (Å²) in [6.07, 6.45) is 3.67. The molecule has 0 saturated carbocycles. The average Bonchev–Trinajstić information content (AvgIpc) is 2.82. The fourth-order valence-electron chi connectivity index (χ4n) is 1.81. The van der Waals surface area contributed by atoms with E-state index in [4.69, 9.17) is 11.6 Å². The molecular weight excluding hydrogens is 278 g/mol. The minimum atomic E-state index is 0.853. The fourth-order valence-corrected chi connectivity index (χ4v) is 2.86. The topological polar surface area (TPSA) is 28.2 Å². The number of rotatable bonds is 7. The van der Waals surface area contributed by atoms with Crippen LogP contribution in [0.4, 0.5) is 0 Å². The summed E-state index contributed by atoms with van der Waals surface area (Å²) in [5, 5.41) is 3.43. The summed E-state index contributed by atoms with van der Waals surface area (Å²) in [6.45, 7) is 3.83. The van der Waals surface area contributed by atoms with E-state index in [9.17, 15) is 0 Å². The van der Waals surface area contributed by atoms with Crippen molar-refractivity contribution in [2.24, 2.45) is 0 Å². The molecule has 0 atom stereocenters. The van der Waals surface area contributed by atoms with Crippen molar-refractivity contribution >= 4 is 22.9 Å². The Bertz CT molecular complexity index is 486. The molecule has 0 amide bonds. The Morgan fingerprint density at radius 3 is 2.74 bits per heavy atom. The number of hydrogen-bond acceptors (Lipinski definition) is 4. The number of thiophene rings is 1. The number of pyridine rings is 1. The van der Waals surface area contributed by atoms with E-state index in [1.807, 2.05) is 18.5 Å². The van der Waals surface area contributed by atoms with Gasteiger partial charge in [0, 0.05) is 43.4 Å². The summed E-state index contributed by atoms with van der Waals surface area (Å²) < 4.78 is 0.853. The monoisotopic (exact) mass is 295 g/mol. The van der Waals surface area contributed by atoms with Crippen LogP contribution in [0.3, 0.4) is 0 Å². The van der Waals surface area contributed by atoms with Crippen molar-refractivity contribution in [1.29, 1.82) is 0 Å². The van der Waals surface area contributed by atoms with E-state index in [0.717, 1.165) is 30.5 Å². The molecule has 2 aromatic rings. The zero-order valence-corrected chi connectivity index (χ0v) is 12.5. The van der Waals surface area contributed by atoms with Gasteiger partial charge in [-0.1, -0.05) is 11.6 Å². The van der Waals surface area contributed by atoms with Gasteiger partial charge < -0.3 is 10.2 Å². The third-order valence-electron chi connectivity index (χ3n) is 2.80. The Morgan fingerprint density at radius 2 is 2.05 bits per heavy atom. The normalized spacial score (nSPS) is 11.1. The summed E-state index contributed by atoms with van der Waals surface area (Å²) in [5.41, 5.74) is 1.29. The Labute approximate surface area is 123 Å². The fraction of sp³-hybridized carbons (Fsp3) is 0.357. The quantitative estimate of drug-likeness (QED) is 0.796. The van der Waals surface area contributed by atoms with Crippen molar-refractivity contribution in [3.8, 4) is 0 Å². The minimum Gasteiger partial charge on any atom is -0.311 e. The molecule has 0 unspecified atom stereocenters. The van der Waals surface area contributed by atoms with E-state index < -0.39 is 0 Å². The summed E-state index contributed by atoms with van der Waals surface area (Å²) in [7, 11) is 2.13. The lowest BCUT2D eigenvalue weighted by Gasteiger charge is -2.16. The maximum absolute atomic E-state index is 5.89. The molecule has 0 aliphatic heterocycles. The van der Waals surface area contributed by atoms with Crippen LogP contribution in [-0.2, 0) is 13.1 Å². The van der Waals surface area contributed by atoms with Gasteiger partial charge in [0.2, 0.25) is 0 Å². The lowest BCUT2D eigenvalue weighted by Crippen LogP contribution is -2.28. The third kappa shape index (κ3) is 5.28. The molecule has 5 heteroatoms. The van der Waals surface area contributed by atoms with Crippen LogP contribution < -0.4 is 5.32 Å². The Balaban J connectivity index is 1.63. The van der Waals surface area contributed by atoms with Gasteiger partial charge in [0.1, 0.15) is 0 Å². The van der Waals surface area contributed by atoms with Gasteiger partial charge in [0.25, 0.3) is 0 Å². The lowest BCUT2D eigenvalue weighted by atomic mass is 10.2. The lowest BCUT2D eigenvalue weighted by molar-refractivity contribution is 0.324. The van der Waals surface area contributed by atoms with Gasteiger partial charge in [-0.05, 0) is 36.9 Å². The Kier molecular flexibility index (Phi) is 5.79. The van der Waals surface area contributed by atoms with E-state index in [0.29, 0.717) is 0 Å². The first-order chi connectivity index (χ1) is 9.24. The van der Waals surface area contributed by atoms with Gasteiger partial charge in [-0.15, -0.1) is 11.3 Å². The van der Waals surface area contributed by atoms with Crippen LogP contribution in [0.5, 0.6) is 0 Å². The molecule has 0 aliphatic carbocycles. The van der Waals surface area contributed by atoms with Crippen molar-refractivity contribution in [1.82, 2.24) is 15.2 Å². The zero-order valence-electron chi connectivity index (χ0n) is 11.0. The molecule has 2 heterocycles. The molecule has 2 aromatic heterocycles. The molecular formula is C14H18ClN3S. The molecule has 3 nitrogen and oxygen atoms in total. The molecule has 0 radical (unpaired) electrons. The highest BCUT2D eigenvalue weighted by molar-refractivity contribution is 7.16.